The van der Waals surface area contributed by atoms with Crippen molar-refractivity contribution in [3.05, 3.63) is 12.2 Å². The standard InChI is InChI=1S/C20H38O3/c1-2-3-13-16-19(21)17-14-11-9-7-5-4-6-8-10-12-15-18-20(22)23/h9,11,19,21H,2-8,10,12-18H2,1H3,(H,22,23). The van der Waals surface area contributed by atoms with Gasteiger partial charge in [-0.1, -0.05) is 70.4 Å². The molecular weight excluding hydrogens is 288 g/mol. The predicted octanol–water partition coefficient (Wildman–Crippen LogP) is 5.86. The Balaban J connectivity index is 3.20. The Kier molecular flexibility index (Phi) is 16.9. The molecule has 136 valence electrons. The number of aliphatic hydroxyl groups excluding tert-OH is 1. The lowest BCUT2D eigenvalue weighted by atomic mass is 10.1. The molecule has 0 saturated carbocycles. The smallest absolute Gasteiger partial charge is 0.303 e. The lowest BCUT2D eigenvalue weighted by Gasteiger charge is -2.07. The normalized spacial score (nSPS) is 12.8. The number of unbranched alkanes of at least 4 members (excludes halogenated alkanes) is 9. The van der Waals surface area contributed by atoms with Gasteiger partial charge in [-0.2, -0.15) is 0 Å². The van der Waals surface area contributed by atoms with E-state index in [4.69, 9.17) is 5.11 Å². The lowest BCUT2D eigenvalue weighted by molar-refractivity contribution is -0.137. The van der Waals surface area contributed by atoms with Crippen LogP contribution >= 0.6 is 0 Å². The van der Waals surface area contributed by atoms with Crippen molar-refractivity contribution in [1.82, 2.24) is 0 Å². The third-order valence-corrected chi connectivity index (χ3v) is 4.24. The van der Waals surface area contributed by atoms with E-state index in [0.29, 0.717) is 6.42 Å². The molecule has 0 aromatic rings. The first kappa shape index (κ1) is 22.2. The first-order valence-electron chi connectivity index (χ1n) is 9.71. The van der Waals surface area contributed by atoms with Crippen LogP contribution in [0.15, 0.2) is 12.2 Å². The molecule has 0 bridgehead atoms. The van der Waals surface area contributed by atoms with Gasteiger partial charge in [-0.3, -0.25) is 4.79 Å². The second-order valence-corrected chi connectivity index (χ2v) is 6.61. The van der Waals surface area contributed by atoms with Crippen LogP contribution in [-0.4, -0.2) is 22.3 Å². The molecule has 0 spiro atoms. The van der Waals surface area contributed by atoms with Gasteiger partial charge in [-0.25, -0.2) is 0 Å². The molecule has 0 heterocycles. The summed E-state index contributed by atoms with van der Waals surface area (Å²) in [4.78, 5) is 10.4. The summed E-state index contributed by atoms with van der Waals surface area (Å²) in [5, 5.41) is 18.3. The van der Waals surface area contributed by atoms with Crippen LogP contribution in [0.3, 0.4) is 0 Å². The highest BCUT2D eigenvalue weighted by molar-refractivity contribution is 5.66. The van der Waals surface area contributed by atoms with Crippen molar-refractivity contribution in [2.75, 3.05) is 0 Å². The van der Waals surface area contributed by atoms with Crippen LogP contribution in [0.5, 0.6) is 0 Å². The van der Waals surface area contributed by atoms with Crippen molar-refractivity contribution < 1.29 is 15.0 Å². The fraction of sp³-hybridized carbons (Fsp3) is 0.850. The Labute approximate surface area is 143 Å². The molecule has 0 rings (SSSR count). The molecule has 0 saturated heterocycles. The summed E-state index contributed by atoms with van der Waals surface area (Å²) in [7, 11) is 0. The van der Waals surface area contributed by atoms with Crippen LogP contribution in [0.2, 0.25) is 0 Å². The monoisotopic (exact) mass is 326 g/mol. The van der Waals surface area contributed by atoms with E-state index in [1.54, 1.807) is 0 Å². The molecule has 2 N–H and O–H groups in total. The largest absolute Gasteiger partial charge is 0.481 e. The Morgan fingerprint density at radius 3 is 2.09 bits per heavy atom. The number of carboxylic acids is 1. The molecule has 0 aliphatic rings. The first-order valence-corrected chi connectivity index (χ1v) is 9.71. The summed E-state index contributed by atoms with van der Waals surface area (Å²) in [5.41, 5.74) is 0. The SMILES string of the molecule is CCCCCC(O)CCC=CCCCCCCCCCC(=O)O. The molecule has 3 nitrogen and oxygen atoms in total. The van der Waals surface area contributed by atoms with E-state index >= 15 is 0 Å². The van der Waals surface area contributed by atoms with Crippen LogP contribution in [-0.2, 0) is 4.79 Å². The predicted molar refractivity (Wildman–Crippen MR) is 97.7 cm³/mol. The highest BCUT2D eigenvalue weighted by Crippen LogP contribution is 2.11. The van der Waals surface area contributed by atoms with E-state index in [0.717, 1.165) is 44.9 Å². The van der Waals surface area contributed by atoms with Crippen LogP contribution in [0, 0.1) is 0 Å². The molecule has 3 heteroatoms. The first-order chi connectivity index (χ1) is 11.2. The van der Waals surface area contributed by atoms with Gasteiger partial charge in [0, 0.05) is 6.42 Å². The van der Waals surface area contributed by atoms with Gasteiger partial charge in [0.05, 0.1) is 6.10 Å². The van der Waals surface area contributed by atoms with Crippen LogP contribution in [0.4, 0.5) is 0 Å². The van der Waals surface area contributed by atoms with Crippen LogP contribution in [0.1, 0.15) is 103 Å². The maximum atomic E-state index is 10.4. The molecule has 0 aliphatic heterocycles. The highest BCUT2D eigenvalue weighted by atomic mass is 16.4. The van der Waals surface area contributed by atoms with Gasteiger partial charge in [-0.15, -0.1) is 0 Å². The maximum absolute atomic E-state index is 10.4. The summed E-state index contributed by atoms with van der Waals surface area (Å²) >= 11 is 0. The average Bonchev–Trinajstić information content (AvgIpc) is 2.51. The Hall–Kier alpha value is -0.830. The average molecular weight is 327 g/mol. The van der Waals surface area contributed by atoms with Crippen LogP contribution < -0.4 is 0 Å². The minimum absolute atomic E-state index is 0.118. The number of aliphatic carboxylic acids is 1. The molecule has 0 aromatic heterocycles. The van der Waals surface area contributed by atoms with Crippen molar-refractivity contribution in [3.8, 4) is 0 Å². The van der Waals surface area contributed by atoms with Crippen molar-refractivity contribution in [1.29, 1.82) is 0 Å². The fourth-order valence-corrected chi connectivity index (χ4v) is 2.72. The number of carboxylic acid groups (broad SMARTS) is 1. The van der Waals surface area contributed by atoms with Crippen LogP contribution in [0.25, 0.3) is 0 Å². The van der Waals surface area contributed by atoms with Gasteiger partial charge in [0.2, 0.25) is 0 Å². The minimum Gasteiger partial charge on any atom is -0.481 e. The van der Waals surface area contributed by atoms with E-state index in [2.05, 4.69) is 19.1 Å². The molecule has 1 unspecified atom stereocenters. The topological polar surface area (TPSA) is 57.5 Å². The molecule has 1 atom stereocenters. The number of aliphatic hydroxyl groups is 1. The number of carbonyl (C=O) groups is 1. The lowest BCUT2D eigenvalue weighted by Crippen LogP contribution is -2.05. The van der Waals surface area contributed by atoms with E-state index in [9.17, 15) is 9.90 Å². The van der Waals surface area contributed by atoms with E-state index in [1.165, 1.54) is 44.9 Å². The third-order valence-electron chi connectivity index (χ3n) is 4.24. The van der Waals surface area contributed by atoms with Gasteiger partial charge in [0.1, 0.15) is 0 Å². The van der Waals surface area contributed by atoms with Crippen molar-refractivity contribution in [3.63, 3.8) is 0 Å². The Morgan fingerprint density at radius 1 is 0.826 bits per heavy atom. The Morgan fingerprint density at radius 2 is 1.43 bits per heavy atom. The van der Waals surface area contributed by atoms with E-state index in [-0.39, 0.29) is 6.10 Å². The molecular formula is C20H38O3. The zero-order chi connectivity index (χ0) is 17.2. The number of allylic oxidation sites excluding steroid dienone is 2. The quantitative estimate of drug-likeness (QED) is 0.260. The van der Waals surface area contributed by atoms with Crippen molar-refractivity contribution in [2.45, 2.75) is 109 Å². The number of hydrogen-bond donors (Lipinski definition) is 2. The van der Waals surface area contributed by atoms with Gasteiger partial charge in [-0.05, 0) is 38.5 Å². The maximum Gasteiger partial charge on any atom is 0.303 e. The van der Waals surface area contributed by atoms with E-state index < -0.39 is 5.97 Å². The zero-order valence-electron chi connectivity index (χ0n) is 15.1. The summed E-state index contributed by atoms with van der Waals surface area (Å²) in [6.07, 6.45) is 20.3. The molecule has 0 aromatic carbocycles. The molecule has 0 aliphatic carbocycles. The van der Waals surface area contributed by atoms with Gasteiger partial charge in [0.15, 0.2) is 0 Å². The molecule has 0 fully saturated rings. The minimum atomic E-state index is -0.676. The van der Waals surface area contributed by atoms with Gasteiger partial charge in [0.25, 0.3) is 0 Å². The fourth-order valence-electron chi connectivity index (χ4n) is 2.72. The van der Waals surface area contributed by atoms with Crippen molar-refractivity contribution >= 4 is 5.97 Å². The summed E-state index contributed by atoms with van der Waals surface area (Å²) < 4.78 is 0. The third kappa shape index (κ3) is 19.1. The van der Waals surface area contributed by atoms with Gasteiger partial charge >= 0.3 is 5.97 Å². The summed E-state index contributed by atoms with van der Waals surface area (Å²) in [6.45, 7) is 2.19. The zero-order valence-corrected chi connectivity index (χ0v) is 15.1. The second-order valence-electron chi connectivity index (χ2n) is 6.61. The summed E-state index contributed by atoms with van der Waals surface area (Å²) in [5.74, 6) is -0.676. The number of rotatable bonds is 17. The summed E-state index contributed by atoms with van der Waals surface area (Å²) in [6, 6.07) is 0. The molecule has 23 heavy (non-hydrogen) atoms. The molecule has 0 radical (unpaired) electrons. The van der Waals surface area contributed by atoms with Crippen molar-refractivity contribution in [2.24, 2.45) is 0 Å². The number of hydrogen-bond acceptors (Lipinski definition) is 2. The second kappa shape index (κ2) is 17.5. The Bertz CT molecular complexity index is 287. The van der Waals surface area contributed by atoms with E-state index in [1.807, 2.05) is 0 Å². The van der Waals surface area contributed by atoms with Gasteiger partial charge < -0.3 is 10.2 Å². The molecule has 0 amide bonds. The highest BCUT2D eigenvalue weighted by Gasteiger charge is 2.01.